The molecule has 230 valence electrons. The summed E-state index contributed by atoms with van der Waals surface area (Å²) in [6, 6.07) is 69.0. The minimum Gasteiger partial charge on any atom is -0.311 e. The largest absolute Gasteiger partial charge is 0.311 e. The van der Waals surface area contributed by atoms with Crippen LogP contribution in [0.25, 0.3) is 33.0 Å². The molecular formula is C47H31NS. The highest BCUT2D eigenvalue weighted by atomic mass is 32.2. The van der Waals surface area contributed by atoms with Crippen molar-refractivity contribution in [2.45, 2.75) is 15.2 Å². The number of anilines is 3. The van der Waals surface area contributed by atoms with E-state index in [2.05, 4.69) is 193 Å². The summed E-state index contributed by atoms with van der Waals surface area (Å²) in [4.78, 5) is 4.97. The third-order valence-electron chi connectivity index (χ3n) is 10.3. The summed E-state index contributed by atoms with van der Waals surface area (Å²) in [6.45, 7) is 0. The lowest BCUT2D eigenvalue weighted by molar-refractivity contribution is 0.731. The monoisotopic (exact) mass is 641 g/mol. The SMILES string of the molecule is c1ccc(N(c2ccccc2)c2ccc(-c3cccc4c3Sc3ccc5ccccc5c3C43c4ccccc4-c4ccccc43)cc2)cc1. The van der Waals surface area contributed by atoms with Crippen LogP contribution in [0.15, 0.2) is 198 Å². The molecule has 0 amide bonds. The summed E-state index contributed by atoms with van der Waals surface area (Å²) < 4.78 is 0. The lowest BCUT2D eigenvalue weighted by atomic mass is 9.66. The highest BCUT2D eigenvalue weighted by Gasteiger charge is 2.51. The van der Waals surface area contributed by atoms with Crippen molar-refractivity contribution < 1.29 is 0 Å². The van der Waals surface area contributed by atoms with Gasteiger partial charge in [-0.1, -0.05) is 157 Å². The van der Waals surface area contributed by atoms with E-state index in [1.54, 1.807) is 0 Å². The van der Waals surface area contributed by atoms with Gasteiger partial charge in [0.25, 0.3) is 0 Å². The van der Waals surface area contributed by atoms with E-state index in [9.17, 15) is 0 Å². The third-order valence-corrected chi connectivity index (χ3v) is 11.5. The molecule has 10 rings (SSSR count). The first kappa shape index (κ1) is 28.2. The second kappa shape index (κ2) is 11.1. The van der Waals surface area contributed by atoms with E-state index in [1.165, 1.54) is 65.1 Å². The van der Waals surface area contributed by atoms with Gasteiger partial charge in [-0.3, -0.25) is 0 Å². The number of para-hydroxylation sites is 2. The Morgan fingerprint density at radius 1 is 0.388 bits per heavy atom. The highest BCUT2D eigenvalue weighted by Crippen LogP contribution is 2.64. The molecule has 0 bridgehead atoms. The Balaban J connectivity index is 1.20. The Morgan fingerprint density at radius 3 is 1.59 bits per heavy atom. The molecule has 1 aliphatic heterocycles. The molecular weight excluding hydrogens is 611 g/mol. The molecule has 49 heavy (non-hydrogen) atoms. The van der Waals surface area contributed by atoms with Crippen molar-refractivity contribution in [2.75, 3.05) is 4.90 Å². The van der Waals surface area contributed by atoms with Crippen LogP contribution >= 0.6 is 11.8 Å². The van der Waals surface area contributed by atoms with Crippen molar-refractivity contribution in [3.05, 3.63) is 210 Å². The average Bonchev–Trinajstić information content (AvgIpc) is 3.46. The summed E-state index contributed by atoms with van der Waals surface area (Å²) >= 11 is 1.92. The zero-order valence-electron chi connectivity index (χ0n) is 26.8. The fraction of sp³-hybridized carbons (Fsp3) is 0.0213. The number of nitrogens with zero attached hydrogens (tertiary/aromatic N) is 1. The average molecular weight is 642 g/mol. The fourth-order valence-electron chi connectivity index (χ4n) is 8.32. The maximum absolute atomic E-state index is 2.39. The van der Waals surface area contributed by atoms with Crippen LogP contribution in [0.1, 0.15) is 22.3 Å². The molecule has 1 nitrogen and oxygen atoms in total. The molecule has 0 fully saturated rings. The molecule has 0 radical (unpaired) electrons. The Labute approximate surface area is 291 Å². The first-order valence-corrected chi connectivity index (χ1v) is 17.7. The van der Waals surface area contributed by atoms with Gasteiger partial charge in [0.1, 0.15) is 0 Å². The van der Waals surface area contributed by atoms with Crippen LogP contribution in [-0.4, -0.2) is 0 Å². The summed E-state index contributed by atoms with van der Waals surface area (Å²) in [5.74, 6) is 0. The predicted molar refractivity (Wildman–Crippen MR) is 205 cm³/mol. The molecule has 0 saturated carbocycles. The van der Waals surface area contributed by atoms with E-state index in [1.807, 2.05) is 11.8 Å². The van der Waals surface area contributed by atoms with E-state index >= 15 is 0 Å². The molecule has 1 aliphatic carbocycles. The van der Waals surface area contributed by atoms with Gasteiger partial charge in [0.05, 0.1) is 5.41 Å². The van der Waals surface area contributed by atoms with Crippen LogP contribution in [0.3, 0.4) is 0 Å². The third kappa shape index (κ3) is 4.14. The summed E-state index contributed by atoms with van der Waals surface area (Å²) in [6.07, 6.45) is 0. The Kier molecular flexibility index (Phi) is 6.40. The van der Waals surface area contributed by atoms with Crippen molar-refractivity contribution in [3.63, 3.8) is 0 Å². The maximum Gasteiger partial charge on any atom is 0.0741 e. The van der Waals surface area contributed by atoms with Gasteiger partial charge in [0, 0.05) is 26.9 Å². The van der Waals surface area contributed by atoms with Gasteiger partial charge in [-0.15, -0.1) is 0 Å². The molecule has 0 unspecified atom stereocenters. The molecule has 2 heteroatoms. The Hall–Kier alpha value is -5.83. The molecule has 1 spiro atoms. The lowest BCUT2D eigenvalue weighted by Crippen LogP contribution is -2.32. The van der Waals surface area contributed by atoms with Crippen LogP contribution in [0.2, 0.25) is 0 Å². The van der Waals surface area contributed by atoms with Gasteiger partial charge < -0.3 is 4.90 Å². The smallest absolute Gasteiger partial charge is 0.0741 e. The van der Waals surface area contributed by atoms with Gasteiger partial charge in [0.15, 0.2) is 0 Å². The molecule has 8 aromatic rings. The number of hydrogen-bond donors (Lipinski definition) is 0. The van der Waals surface area contributed by atoms with Crippen molar-refractivity contribution in [1.29, 1.82) is 0 Å². The minimum absolute atomic E-state index is 0.433. The number of rotatable bonds is 4. The molecule has 1 heterocycles. The molecule has 0 N–H and O–H groups in total. The Bertz CT molecular complexity index is 2430. The van der Waals surface area contributed by atoms with Crippen LogP contribution in [0.5, 0.6) is 0 Å². The Morgan fingerprint density at radius 2 is 0.918 bits per heavy atom. The number of hydrogen-bond acceptors (Lipinski definition) is 2. The fourth-order valence-corrected chi connectivity index (χ4v) is 9.67. The van der Waals surface area contributed by atoms with Gasteiger partial charge in [0.2, 0.25) is 0 Å². The molecule has 2 aliphatic rings. The van der Waals surface area contributed by atoms with Crippen LogP contribution < -0.4 is 4.90 Å². The minimum atomic E-state index is -0.433. The van der Waals surface area contributed by atoms with Gasteiger partial charge >= 0.3 is 0 Å². The normalized spacial score (nSPS) is 13.4. The first-order chi connectivity index (χ1) is 24.3. The topological polar surface area (TPSA) is 3.24 Å². The van der Waals surface area contributed by atoms with Crippen molar-refractivity contribution in [1.82, 2.24) is 0 Å². The zero-order chi connectivity index (χ0) is 32.4. The highest BCUT2D eigenvalue weighted by molar-refractivity contribution is 7.99. The van der Waals surface area contributed by atoms with Gasteiger partial charge in [-0.05, 0) is 97.7 Å². The van der Waals surface area contributed by atoms with Crippen LogP contribution in [-0.2, 0) is 5.41 Å². The molecule has 0 atom stereocenters. The summed E-state index contributed by atoms with van der Waals surface area (Å²) in [5, 5.41) is 2.60. The van der Waals surface area contributed by atoms with Crippen LogP contribution in [0.4, 0.5) is 17.1 Å². The predicted octanol–water partition coefficient (Wildman–Crippen LogP) is 12.8. The molecule has 8 aromatic carbocycles. The van der Waals surface area contributed by atoms with E-state index in [4.69, 9.17) is 0 Å². The lowest BCUT2D eigenvalue weighted by Gasteiger charge is -2.41. The van der Waals surface area contributed by atoms with E-state index < -0.39 is 5.41 Å². The van der Waals surface area contributed by atoms with Gasteiger partial charge in [-0.2, -0.15) is 0 Å². The van der Waals surface area contributed by atoms with Crippen LogP contribution in [0, 0.1) is 0 Å². The summed E-state index contributed by atoms with van der Waals surface area (Å²) in [7, 11) is 0. The summed E-state index contributed by atoms with van der Waals surface area (Å²) in [5.41, 5.74) is 13.6. The first-order valence-electron chi connectivity index (χ1n) is 16.9. The molecule has 0 aromatic heterocycles. The van der Waals surface area contributed by atoms with Gasteiger partial charge in [-0.25, -0.2) is 0 Å². The van der Waals surface area contributed by atoms with Crippen molar-refractivity contribution in [2.24, 2.45) is 0 Å². The van der Waals surface area contributed by atoms with E-state index in [0.29, 0.717) is 0 Å². The zero-order valence-corrected chi connectivity index (χ0v) is 27.6. The maximum atomic E-state index is 2.39. The van der Waals surface area contributed by atoms with Crippen molar-refractivity contribution >= 4 is 39.6 Å². The van der Waals surface area contributed by atoms with Crippen molar-refractivity contribution in [3.8, 4) is 22.3 Å². The van der Waals surface area contributed by atoms with E-state index in [-0.39, 0.29) is 0 Å². The number of benzene rings is 8. The molecule has 0 saturated heterocycles. The standard InChI is InChI=1S/C47H31NS/c1-3-15-34(16-4-1)48(35-17-5-2-6-18-35)36-29-26-33(27-30-36)38-22-13-25-43-46(38)49-44-31-28-32-14-7-8-19-37(32)45(44)47(43)41-23-11-9-20-39(41)40-21-10-12-24-42(40)47/h1-31H. The quantitative estimate of drug-likeness (QED) is 0.188. The number of fused-ring (bicyclic) bond motifs is 11. The second-order valence-corrected chi connectivity index (χ2v) is 13.9. The second-order valence-electron chi connectivity index (χ2n) is 12.8. The van der Waals surface area contributed by atoms with E-state index in [0.717, 1.165) is 17.1 Å².